The molecule has 108 valence electrons. The fourth-order valence-electron chi connectivity index (χ4n) is 2.69. The summed E-state index contributed by atoms with van der Waals surface area (Å²) in [6, 6.07) is 6.32. The highest BCUT2D eigenvalue weighted by molar-refractivity contribution is 7.19. The van der Waals surface area contributed by atoms with E-state index < -0.39 is 0 Å². The first-order valence-corrected chi connectivity index (χ1v) is 7.41. The zero-order valence-electron chi connectivity index (χ0n) is 11.1. The number of thiophene rings is 1. The number of benzene rings is 1. The molecule has 2 aromatic heterocycles. The molecule has 6 heteroatoms. The fraction of sp³-hybridized carbons (Fsp3) is 0.200. The molecule has 1 aliphatic carbocycles. The number of aryl methyl sites for hydroxylation is 2. The normalized spacial score (nSPS) is 13.0. The van der Waals surface area contributed by atoms with Gasteiger partial charge in [-0.25, -0.2) is 14.4 Å². The summed E-state index contributed by atoms with van der Waals surface area (Å²) in [5, 5.41) is 4.41. The molecule has 0 spiro atoms. The molecule has 1 aromatic carbocycles. The minimum absolute atomic E-state index is 0. The number of hydrogen-bond donors (Lipinski definition) is 1. The molecule has 0 fully saturated rings. The zero-order chi connectivity index (χ0) is 13.5. The largest absolute Gasteiger partial charge is 1.00 e. The van der Waals surface area contributed by atoms with Crippen LogP contribution < -0.4 is 17.7 Å². The second-order valence-corrected chi connectivity index (χ2v) is 5.98. The summed E-state index contributed by atoms with van der Waals surface area (Å²) in [5.41, 5.74) is 2.22. The van der Waals surface area contributed by atoms with Gasteiger partial charge in [0.25, 0.3) is 0 Å². The average Bonchev–Trinajstić information content (AvgIpc) is 3.02. The lowest BCUT2D eigenvalue weighted by atomic mass is 10.2. The Kier molecular flexibility index (Phi) is 3.78. The predicted octanol–water partition coefficient (Wildman–Crippen LogP) is 1.07. The van der Waals surface area contributed by atoms with Gasteiger partial charge in [-0.3, -0.25) is 0 Å². The number of hydrogen-bond acceptors (Lipinski definition) is 4. The van der Waals surface area contributed by atoms with E-state index in [1.165, 1.54) is 29.0 Å². The van der Waals surface area contributed by atoms with Crippen LogP contribution in [0, 0.1) is 5.82 Å². The van der Waals surface area contributed by atoms with E-state index in [2.05, 4.69) is 15.3 Å². The molecule has 3 nitrogen and oxygen atoms in total. The second kappa shape index (κ2) is 5.58. The molecule has 0 atom stereocenters. The van der Waals surface area contributed by atoms with Crippen molar-refractivity contribution in [2.45, 2.75) is 19.3 Å². The Hall–Kier alpha value is -1.72. The van der Waals surface area contributed by atoms with Crippen molar-refractivity contribution in [3.8, 4) is 0 Å². The fourth-order valence-corrected chi connectivity index (χ4v) is 3.92. The molecule has 1 aliphatic rings. The van der Waals surface area contributed by atoms with Gasteiger partial charge in [0.05, 0.1) is 5.39 Å². The molecule has 0 aliphatic heterocycles. The SMILES string of the molecule is Fc1ccc(Nc2ncnc3sc4c(c23)CCC4)cc1.[Cl-]. The Labute approximate surface area is 131 Å². The van der Waals surface area contributed by atoms with Crippen LogP contribution in [0.1, 0.15) is 16.9 Å². The molecule has 0 saturated heterocycles. The van der Waals surface area contributed by atoms with Crippen LogP contribution in [-0.4, -0.2) is 9.97 Å². The van der Waals surface area contributed by atoms with Crippen LogP contribution >= 0.6 is 11.3 Å². The molecule has 0 unspecified atom stereocenters. The first kappa shape index (κ1) is 14.2. The van der Waals surface area contributed by atoms with Crippen LogP contribution in [0.4, 0.5) is 15.9 Å². The molecule has 21 heavy (non-hydrogen) atoms. The molecule has 0 bridgehead atoms. The topological polar surface area (TPSA) is 37.8 Å². The van der Waals surface area contributed by atoms with E-state index in [1.54, 1.807) is 29.8 Å². The summed E-state index contributed by atoms with van der Waals surface area (Å²) >= 11 is 1.76. The van der Waals surface area contributed by atoms with E-state index in [1.807, 2.05) is 0 Å². The Morgan fingerprint density at radius 3 is 2.71 bits per heavy atom. The van der Waals surface area contributed by atoms with Crippen LogP contribution in [0.2, 0.25) is 0 Å². The summed E-state index contributed by atoms with van der Waals surface area (Å²) < 4.78 is 13.0. The maximum atomic E-state index is 13.0. The van der Waals surface area contributed by atoms with Crippen molar-refractivity contribution in [2.75, 3.05) is 5.32 Å². The monoisotopic (exact) mass is 320 g/mol. The molecule has 0 amide bonds. The number of aromatic nitrogens is 2. The highest BCUT2D eigenvalue weighted by Crippen LogP contribution is 2.39. The van der Waals surface area contributed by atoms with Gasteiger partial charge in [0.2, 0.25) is 0 Å². The van der Waals surface area contributed by atoms with E-state index >= 15 is 0 Å². The molecule has 1 N–H and O–H groups in total. The summed E-state index contributed by atoms with van der Waals surface area (Å²) in [5.74, 6) is 0.584. The van der Waals surface area contributed by atoms with Gasteiger partial charge in [-0.1, -0.05) is 0 Å². The lowest BCUT2D eigenvalue weighted by molar-refractivity contribution is -0.00000457. The van der Waals surface area contributed by atoms with Crippen molar-refractivity contribution in [1.29, 1.82) is 0 Å². The molecule has 0 radical (unpaired) electrons. The third-order valence-corrected chi connectivity index (χ3v) is 4.81. The Balaban J connectivity index is 0.00000132. The average molecular weight is 321 g/mol. The van der Waals surface area contributed by atoms with Crippen LogP contribution in [0.5, 0.6) is 0 Å². The number of nitrogens with zero attached hydrogens (tertiary/aromatic N) is 2. The lowest BCUT2D eigenvalue weighted by Crippen LogP contribution is -3.00. The summed E-state index contributed by atoms with van der Waals surface area (Å²) in [6.45, 7) is 0. The quantitative estimate of drug-likeness (QED) is 0.767. The maximum Gasteiger partial charge on any atom is 0.142 e. The predicted molar refractivity (Wildman–Crippen MR) is 79.1 cm³/mol. The van der Waals surface area contributed by atoms with E-state index in [-0.39, 0.29) is 18.2 Å². The minimum atomic E-state index is -0.236. The van der Waals surface area contributed by atoms with Gasteiger partial charge in [0.15, 0.2) is 0 Å². The van der Waals surface area contributed by atoms with Crippen molar-refractivity contribution in [3.63, 3.8) is 0 Å². The number of halogens is 2. The van der Waals surface area contributed by atoms with Crippen LogP contribution in [0.25, 0.3) is 10.2 Å². The Morgan fingerprint density at radius 2 is 1.90 bits per heavy atom. The van der Waals surface area contributed by atoms with Gasteiger partial charge < -0.3 is 17.7 Å². The zero-order valence-corrected chi connectivity index (χ0v) is 12.6. The van der Waals surface area contributed by atoms with Gasteiger partial charge in [-0.2, -0.15) is 0 Å². The smallest absolute Gasteiger partial charge is 0.142 e. The Morgan fingerprint density at radius 1 is 1.10 bits per heavy atom. The van der Waals surface area contributed by atoms with Crippen molar-refractivity contribution < 1.29 is 16.8 Å². The van der Waals surface area contributed by atoms with Gasteiger partial charge >= 0.3 is 0 Å². The van der Waals surface area contributed by atoms with E-state index in [0.717, 1.165) is 34.6 Å². The molecular weight excluding hydrogens is 309 g/mol. The molecule has 3 aromatic rings. The first-order chi connectivity index (χ1) is 9.81. The summed E-state index contributed by atoms with van der Waals surface area (Å²) in [4.78, 5) is 11.2. The van der Waals surface area contributed by atoms with E-state index in [0.29, 0.717) is 0 Å². The van der Waals surface area contributed by atoms with Crippen LogP contribution in [-0.2, 0) is 12.8 Å². The third-order valence-electron chi connectivity index (χ3n) is 3.61. The van der Waals surface area contributed by atoms with Crippen molar-refractivity contribution >= 4 is 33.1 Å². The van der Waals surface area contributed by atoms with E-state index in [4.69, 9.17) is 0 Å². The summed E-state index contributed by atoms with van der Waals surface area (Å²) in [7, 11) is 0. The highest BCUT2D eigenvalue weighted by Gasteiger charge is 2.21. The minimum Gasteiger partial charge on any atom is -1.00 e. The van der Waals surface area contributed by atoms with Crippen LogP contribution in [0.3, 0.4) is 0 Å². The third kappa shape index (κ3) is 2.47. The molecule has 0 saturated carbocycles. The lowest BCUT2D eigenvalue weighted by Gasteiger charge is -2.07. The maximum absolute atomic E-state index is 13.0. The van der Waals surface area contributed by atoms with Gasteiger partial charge in [0, 0.05) is 10.6 Å². The standard InChI is InChI=1S/C15H12FN3S.ClH/c16-9-4-6-10(7-5-9)19-14-13-11-2-1-3-12(11)20-15(13)18-8-17-14;/h4-8H,1-3H2,(H,17,18,19);1H/p-1. The molecule has 4 rings (SSSR count). The van der Waals surface area contributed by atoms with Crippen molar-refractivity contribution in [1.82, 2.24) is 9.97 Å². The van der Waals surface area contributed by atoms with E-state index in [9.17, 15) is 4.39 Å². The second-order valence-electron chi connectivity index (χ2n) is 4.89. The van der Waals surface area contributed by atoms with Gasteiger partial charge in [-0.05, 0) is 49.1 Å². The number of rotatable bonds is 2. The van der Waals surface area contributed by atoms with Gasteiger partial charge in [0.1, 0.15) is 22.8 Å². The Bertz CT molecular complexity index is 785. The molecule has 2 heterocycles. The number of nitrogens with one attached hydrogen (secondary N) is 1. The first-order valence-electron chi connectivity index (χ1n) is 6.59. The number of fused-ring (bicyclic) bond motifs is 3. The van der Waals surface area contributed by atoms with Crippen LogP contribution in [0.15, 0.2) is 30.6 Å². The van der Waals surface area contributed by atoms with Crippen molar-refractivity contribution in [3.05, 3.63) is 46.9 Å². The summed E-state index contributed by atoms with van der Waals surface area (Å²) in [6.07, 6.45) is 5.04. The molecular formula is C15H12ClFN3S-. The van der Waals surface area contributed by atoms with Gasteiger partial charge in [-0.15, -0.1) is 11.3 Å². The highest BCUT2D eigenvalue weighted by atomic mass is 35.5. The van der Waals surface area contributed by atoms with Crippen molar-refractivity contribution in [2.24, 2.45) is 0 Å². The number of anilines is 2.